The Morgan fingerprint density at radius 1 is 0.771 bits per heavy atom. The Morgan fingerprint density at radius 2 is 1.31 bits per heavy atom. The van der Waals surface area contributed by atoms with E-state index in [1.165, 1.54) is 0 Å². The third kappa shape index (κ3) is 12.0. The predicted octanol–water partition coefficient (Wildman–Crippen LogP) is -0.0613. The van der Waals surface area contributed by atoms with Gasteiger partial charge in [-0.15, -0.1) is 0 Å². The minimum absolute atomic E-state index is 0.250. The second kappa shape index (κ2) is 16.8. The van der Waals surface area contributed by atoms with Crippen molar-refractivity contribution >= 4 is 29.7 Å². The lowest BCUT2D eigenvalue weighted by Crippen LogP contribution is -2.59. The Labute approximate surface area is 206 Å². The molecule has 0 rings (SSSR count). The third-order valence-corrected chi connectivity index (χ3v) is 6.16. The number of hydrogen-bond donors (Lipinski definition) is 7. The Balaban J connectivity index is 5.59. The third-order valence-electron chi connectivity index (χ3n) is 6.16. The van der Waals surface area contributed by atoms with Gasteiger partial charge in [-0.1, -0.05) is 47.0 Å². The fourth-order valence-corrected chi connectivity index (χ4v) is 3.34. The van der Waals surface area contributed by atoms with Crippen LogP contribution < -0.4 is 27.4 Å². The lowest BCUT2D eigenvalue weighted by molar-refractivity contribution is -0.144. The Hall–Kier alpha value is -2.73. The van der Waals surface area contributed by atoms with E-state index < -0.39 is 60.2 Å². The quantitative estimate of drug-likeness (QED) is 0.125. The molecule has 12 nitrogen and oxygen atoms in total. The average molecular weight is 502 g/mol. The van der Waals surface area contributed by atoms with Gasteiger partial charge in [-0.25, -0.2) is 4.79 Å². The molecule has 0 aliphatic heterocycles. The first kappa shape index (κ1) is 32.3. The molecule has 0 bridgehead atoms. The molecule has 6 unspecified atom stereocenters. The zero-order valence-corrected chi connectivity index (χ0v) is 21.2. The number of carbonyl (C=O) groups excluding carboxylic acids is 3. The monoisotopic (exact) mass is 501 g/mol. The zero-order chi connectivity index (χ0) is 27.1. The Kier molecular flexibility index (Phi) is 15.5. The second-order valence-corrected chi connectivity index (χ2v) is 8.97. The SMILES string of the molecule is CCC(C)C(NC(=O)C(CCC(=O)O)NC(=O)C(NC(=O)C(N)CCCCN)C(C)CC)C(=O)O. The number of nitrogens with two attached hydrogens (primary N) is 2. The molecule has 0 spiro atoms. The van der Waals surface area contributed by atoms with E-state index in [2.05, 4.69) is 16.0 Å². The largest absolute Gasteiger partial charge is 0.481 e. The molecule has 0 heterocycles. The standard InChI is InChI=1S/C23H43N5O7/c1-5-13(3)18(27-20(31)15(25)9-7-8-12-24)22(33)26-16(10-11-17(29)30)21(32)28-19(23(34)35)14(4)6-2/h13-16,18-19H,5-12,24-25H2,1-4H3,(H,26,33)(H,27,31)(H,28,32)(H,29,30)(H,34,35). The average Bonchev–Trinajstić information content (AvgIpc) is 2.81. The first-order valence-corrected chi connectivity index (χ1v) is 12.2. The highest BCUT2D eigenvalue weighted by molar-refractivity contribution is 5.94. The minimum atomic E-state index is -1.30. The maximum atomic E-state index is 13.1. The van der Waals surface area contributed by atoms with Crippen LogP contribution in [0.5, 0.6) is 0 Å². The fourth-order valence-electron chi connectivity index (χ4n) is 3.34. The molecular weight excluding hydrogens is 458 g/mol. The number of amides is 3. The normalized spacial score (nSPS) is 16.2. The van der Waals surface area contributed by atoms with Crippen molar-refractivity contribution in [2.45, 2.75) is 96.8 Å². The van der Waals surface area contributed by atoms with Crippen LogP contribution in [0.2, 0.25) is 0 Å². The number of rotatable bonds is 18. The van der Waals surface area contributed by atoms with Crippen LogP contribution in [0.1, 0.15) is 72.6 Å². The van der Waals surface area contributed by atoms with Crippen molar-refractivity contribution in [1.82, 2.24) is 16.0 Å². The molecule has 6 atom stereocenters. The van der Waals surface area contributed by atoms with Crippen LogP contribution in [-0.2, 0) is 24.0 Å². The molecule has 0 saturated carbocycles. The van der Waals surface area contributed by atoms with E-state index in [-0.39, 0.29) is 18.3 Å². The van der Waals surface area contributed by atoms with Gasteiger partial charge in [0.15, 0.2) is 0 Å². The van der Waals surface area contributed by atoms with Gasteiger partial charge in [0.25, 0.3) is 0 Å². The number of carboxylic acids is 2. The lowest BCUT2D eigenvalue weighted by Gasteiger charge is -2.28. The van der Waals surface area contributed by atoms with Crippen LogP contribution in [0.4, 0.5) is 0 Å². The van der Waals surface area contributed by atoms with Gasteiger partial charge in [0.05, 0.1) is 6.04 Å². The Bertz CT molecular complexity index is 718. The van der Waals surface area contributed by atoms with Crippen LogP contribution >= 0.6 is 0 Å². The van der Waals surface area contributed by atoms with Gasteiger partial charge in [0.2, 0.25) is 17.7 Å². The molecular formula is C23H43N5O7. The van der Waals surface area contributed by atoms with Crippen molar-refractivity contribution in [3.8, 4) is 0 Å². The first-order valence-electron chi connectivity index (χ1n) is 12.2. The van der Waals surface area contributed by atoms with E-state index in [4.69, 9.17) is 16.6 Å². The van der Waals surface area contributed by atoms with E-state index in [9.17, 15) is 29.1 Å². The predicted molar refractivity (Wildman–Crippen MR) is 130 cm³/mol. The summed E-state index contributed by atoms with van der Waals surface area (Å²) in [5.74, 6) is -5.11. The maximum absolute atomic E-state index is 13.1. The van der Waals surface area contributed by atoms with Crippen molar-refractivity contribution in [1.29, 1.82) is 0 Å². The van der Waals surface area contributed by atoms with Gasteiger partial charge >= 0.3 is 11.9 Å². The molecule has 0 fully saturated rings. The van der Waals surface area contributed by atoms with Crippen molar-refractivity contribution < 1.29 is 34.2 Å². The minimum Gasteiger partial charge on any atom is -0.481 e. The van der Waals surface area contributed by atoms with E-state index in [1.807, 2.05) is 6.92 Å². The molecule has 35 heavy (non-hydrogen) atoms. The summed E-state index contributed by atoms with van der Waals surface area (Å²) in [5, 5.41) is 26.1. The van der Waals surface area contributed by atoms with Gasteiger partial charge in [0, 0.05) is 6.42 Å². The molecule has 0 saturated heterocycles. The summed E-state index contributed by atoms with van der Waals surface area (Å²) < 4.78 is 0. The van der Waals surface area contributed by atoms with Gasteiger partial charge in [-0.05, 0) is 37.6 Å². The molecule has 9 N–H and O–H groups in total. The van der Waals surface area contributed by atoms with Crippen molar-refractivity contribution in [2.24, 2.45) is 23.3 Å². The number of carbonyl (C=O) groups is 5. The summed E-state index contributed by atoms with van der Waals surface area (Å²) >= 11 is 0. The second-order valence-electron chi connectivity index (χ2n) is 8.97. The number of nitrogens with one attached hydrogen (secondary N) is 3. The number of unbranched alkanes of at least 4 members (excludes halogenated alkanes) is 1. The molecule has 0 aromatic carbocycles. The summed E-state index contributed by atoms with van der Waals surface area (Å²) in [6.07, 6.45) is 2.10. The molecule has 12 heteroatoms. The van der Waals surface area contributed by atoms with E-state index in [1.54, 1.807) is 20.8 Å². The fraction of sp³-hybridized carbons (Fsp3) is 0.783. The molecule has 0 aromatic rings. The van der Waals surface area contributed by atoms with Crippen LogP contribution in [-0.4, -0.2) is 70.6 Å². The number of hydrogen-bond acceptors (Lipinski definition) is 7. The summed E-state index contributed by atoms with van der Waals surface area (Å²) in [4.78, 5) is 61.2. The van der Waals surface area contributed by atoms with Crippen LogP contribution in [0, 0.1) is 11.8 Å². The number of aliphatic carboxylic acids is 2. The van der Waals surface area contributed by atoms with Gasteiger partial charge in [-0.2, -0.15) is 0 Å². The molecule has 3 amide bonds. The van der Waals surface area contributed by atoms with E-state index in [0.717, 1.165) is 0 Å². The van der Waals surface area contributed by atoms with Gasteiger partial charge in [0.1, 0.15) is 18.1 Å². The highest BCUT2D eigenvalue weighted by Gasteiger charge is 2.33. The van der Waals surface area contributed by atoms with Crippen LogP contribution in [0.15, 0.2) is 0 Å². The summed E-state index contributed by atoms with van der Waals surface area (Å²) in [7, 11) is 0. The summed E-state index contributed by atoms with van der Waals surface area (Å²) in [5.41, 5.74) is 11.4. The first-order chi connectivity index (χ1) is 16.4. The molecule has 202 valence electrons. The highest BCUT2D eigenvalue weighted by Crippen LogP contribution is 2.12. The van der Waals surface area contributed by atoms with Crippen molar-refractivity contribution in [3.63, 3.8) is 0 Å². The highest BCUT2D eigenvalue weighted by atomic mass is 16.4. The molecule has 0 aromatic heterocycles. The topological polar surface area (TPSA) is 214 Å². The van der Waals surface area contributed by atoms with E-state index >= 15 is 0 Å². The summed E-state index contributed by atoms with van der Waals surface area (Å²) in [6, 6.07) is -4.35. The molecule has 0 aliphatic carbocycles. The number of carboxylic acid groups (broad SMARTS) is 2. The Morgan fingerprint density at radius 3 is 1.80 bits per heavy atom. The van der Waals surface area contributed by atoms with Gasteiger partial charge in [-0.3, -0.25) is 19.2 Å². The van der Waals surface area contributed by atoms with Crippen LogP contribution in [0.3, 0.4) is 0 Å². The van der Waals surface area contributed by atoms with E-state index in [0.29, 0.717) is 38.6 Å². The summed E-state index contributed by atoms with van der Waals surface area (Å²) in [6.45, 7) is 7.49. The van der Waals surface area contributed by atoms with Gasteiger partial charge < -0.3 is 37.6 Å². The van der Waals surface area contributed by atoms with Crippen molar-refractivity contribution in [3.05, 3.63) is 0 Å². The van der Waals surface area contributed by atoms with Crippen molar-refractivity contribution in [2.75, 3.05) is 6.54 Å². The smallest absolute Gasteiger partial charge is 0.326 e. The maximum Gasteiger partial charge on any atom is 0.326 e. The van der Waals surface area contributed by atoms with Crippen LogP contribution in [0.25, 0.3) is 0 Å². The molecule has 0 radical (unpaired) electrons. The lowest BCUT2D eigenvalue weighted by atomic mass is 9.96. The molecule has 0 aliphatic rings. The zero-order valence-electron chi connectivity index (χ0n) is 21.2.